The van der Waals surface area contributed by atoms with Gasteiger partial charge in [0.2, 0.25) is 0 Å². The molecule has 21 heavy (non-hydrogen) atoms. The summed E-state index contributed by atoms with van der Waals surface area (Å²) in [6.07, 6.45) is 0.928. The van der Waals surface area contributed by atoms with Crippen LogP contribution < -0.4 is 20.1 Å². The molecule has 0 aromatic heterocycles. The summed E-state index contributed by atoms with van der Waals surface area (Å²) in [5, 5.41) is 11.3. The summed E-state index contributed by atoms with van der Waals surface area (Å²) in [7, 11) is 2.97. The maximum absolute atomic E-state index is 11.3. The highest BCUT2D eigenvalue weighted by molar-refractivity contribution is 5.70. The van der Waals surface area contributed by atoms with Gasteiger partial charge in [0.05, 0.1) is 25.2 Å². The van der Waals surface area contributed by atoms with Gasteiger partial charge in [0.15, 0.2) is 11.5 Å². The minimum atomic E-state index is -0.401. The fraction of sp³-hybridized carbons (Fsp3) is 0.571. The van der Waals surface area contributed by atoms with Crippen LogP contribution in [0.1, 0.15) is 13.3 Å². The zero-order valence-corrected chi connectivity index (χ0v) is 12.5. The van der Waals surface area contributed by atoms with Crippen molar-refractivity contribution in [3.8, 4) is 11.5 Å². The zero-order chi connectivity index (χ0) is 15.6. The van der Waals surface area contributed by atoms with Crippen LogP contribution in [0.25, 0.3) is 0 Å². The fourth-order valence-electron chi connectivity index (χ4n) is 2.85. The van der Waals surface area contributed by atoms with Crippen LogP contribution in [0.5, 0.6) is 11.5 Å². The second-order valence-corrected chi connectivity index (χ2v) is 5.46. The maximum Gasteiger partial charge on any atom is 0.296 e. The monoisotopic (exact) mass is 295 g/mol. The molecular weight excluding hydrogens is 274 g/mol. The van der Waals surface area contributed by atoms with Crippen molar-refractivity contribution < 1.29 is 14.4 Å². The number of nitro benzene ring substituents is 1. The van der Waals surface area contributed by atoms with Gasteiger partial charge in [-0.1, -0.05) is 6.92 Å². The van der Waals surface area contributed by atoms with E-state index in [1.54, 1.807) is 6.07 Å². The molecule has 0 aliphatic carbocycles. The molecule has 7 heteroatoms. The largest absolute Gasteiger partial charge is 0.493 e. The van der Waals surface area contributed by atoms with Crippen molar-refractivity contribution in [2.24, 2.45) is 11.7 Å². The van der Waals surface area contributed by atoms with Gasteiger partial charge < -0.3 is 20.1 Å². The highest BCUT2D eigenvalue weighted by Gasteiger charge is 2.29. The van der Waals surface area contributed by atoms with E-state index >= 15 is 0 Å². The van der Waals surface area contributed by atoms with Gasteiger partial charge in [0, 0.05) is 25.2 Å². The number of piperidine rings is 1. The molecule has 1 saturated heterocycles. The van der Waals surface area contributed by atoms with E-state index in [2.05, 4.69) is 6.92 Å². The number of benzene rings is 1. The summed E-state index contributed by atoms with van der Waals surface area (Å²) in [5.74, 6) is 1.22. The van der Waals surface area contributed by atoms with E-state index < -0.39 is 4.92 Å². The van der Waals surface area contributed by atoms with Crippen molar-refractivity contribution in [1.82, 2.24) is 0 Å². The predicted octanol–water partition coefficient (Wildman–Crippen LogP) is 1.79. The Bertz CT molecular complexity index is 525. The first-order valence-corrected chi connectivity index (χ1v) is 6.87. The average Bonchev–Trinajstić information content (AvgIpc) is 2.44. The molecule has 0 amide bonds. The highest BCUT2D eigenvalue weighted by Crippen LogP contribution is 2.40. The van der Waals surface area contributed by atoms with Crippen molar-refractivity contribution in [3.05, 3.63) is 22.2 Å². The van der Waals surface area contributed by atoms with Crippen molar-refractivity contribution in [2.45, 2.75) is 19.4 Å². The summed E-state index contributed by atoms with van der Waals surface area (Å²) in [5.41, 5.74) is 6.57. The third-order valence-corrected chi connectivity index (χ3v) is 3.71. The molecular formula is C14H21N3O4. The zero-order valence-electron chi connectivity index (χ0n) is 12.5. The van der Waals surface area contributed by atoms with Gasteiger partial charge in [0.25, 0.3) is 5.69 Å². The predicted molar refractivity (Wildman–Crippen MR) is 80.2 cm³/mol. The summed E-state index contributed by atoms with van der Waals surface area (Å²) in [4.78, 5) is 12.9. The van der Waals surface area contributed by atoms with Gasteiger partial charge in [-0.05, 0) is 12.3 Å². The molecule has 1 heterocycles. The van der Waals surface area contributed by atoms with Gasteiger partial charge in [0.1, 0.15) is 5.69 Å². The van der Waals surface area contributed by atoms with Crippen LogP contribution in [0.3, 0.4) is 0 Å². The third-order valence-electron chi connectivity index (χ3n) is 3.71. The minimum absolute atomic E-state index is 0.00829. The normalized spacial score (nSPS) is 22.0. The quantitative estimate of drug-likeness (QED) is 0.672. The van der Waals surface area contributed by atoms with Crippen LogP contribution in [0.15, 0.2) is 12.1 Å². The maximum atomic E-state index is 11.3. The lowest BCUT2D eigenvalue weighted by Crippen LogP contribution is -2.46. The molecule has 0 radical (unpaired) electrons. The Labute approximate surface area is 123 Å². The molecule has 116 valence electrons. The van der Waals surface area contributed by atoms with E-state index in [-0.39, 0.29) is 11.7 Å². The second kappa shape index (κ2) is 6.17. The SMILES string of the molecule is COc1cc(N2CC(C)CC(N)C2)c([N+](=O)[O-])cc1OC. The first-order valence-electron chi connectivity index (χ1n) is 6.87. The standard InChI is InChI=1S/C14H21N3O4/c1-9-4-10(15)8-16(7-9)11-5-13(20-2)14(21-3)6-12(11)17(18)19/h5-6,9-10H,4,7-8,15H2,1-3H3. The highest BCUT2D eigenvalue weighted by atomic mass is 16.6. The molecule has 1 aliphatic heterocycles. The Morgan fingerprint density at radius 3 is 2.43 bits per heavy atom. The summed E-state index contributed by atoms with van der Waals surface area (Å²) in [6, 6.07) is 3.07. The lowest BCUT2D eigenvalue weighted by molar-refractivity contribution is -0.384. The number of hydrogen-bond acceptors (Lipinski definition) is 6. The molecule has 1 fully saturated rings. The van der Waals surface area contributed by atoms with E-state index in [0.717, 1.165) is 13.0 Å². The van der Waals surface area contributed by atoms with E-state index in [0.29, 0.717) is 29.6 Å². The Morgan fingerprint density at radius 2 is 1.90 bits per heavy atom. The Morgan fingerprint density at radius 1 is 1.29 bits per heavy atom. The number of anilines is 1. The smallest absolute Gasteiger partial charge is 0.296 e. The molecule has 1 aromatic rings. The van der Waals surface area contributed by atoms with Gasteiger partial charge in [-0.15, -0.1) is 0 Å². The molecule has 2 unspecified atom stereocenters. The molecule has 1 aromatic carbocycles. The molecule has 7 nitrogen and oxygen atoms in total. The van der Waals surface area contributed by atoms with Crippen molar-refractivity contribution in [2.75, 3.05) is 32.2 Å². The topological polar surface area (TPSA) is 90.9 Å². The number of methoxy groups -OCH3 is 2. The lowest BCUT2D eigenvalue weighted by atomic mass is 9.96. The van der Waals surface area contributed by atoms with Gasteiger partial charge in [-0.2, -0.15) is 0 Å². The number of hydrogen-bond donors (Lipinski definition) is 1. The van der Waals surface area contributed by atoms with Crippen LogP contribution in [-0.2, 0) is 0 Å². The van der Waals surface area contributed by atoms with Crippen molar-refractivity contribution in [1.29, 1.82) is 0 Å². The summed E-state index contributed by atoms with van der Waals surface area (Å²) >= 11 is 0. The summed E-state index contributed by atoms with van der Waals surface area (Å²) < 4.78 is 10.4. The lowest BCUT2D eigenvalue weighted by Gasteiger charge is -2.36. The number of ether oxygens (including phenoxy) is 2. The molecule has 2 atom stereocenters. The first-order chi connectivity index (χ1) is 9.96. The van der Waals surface area contributed by atoms with Crippen LogP contribution in [-0.4, -0.2) is 38.3 Å². The molecule has 0 saturated carbocycles. The molecule has 2 rings (SSSR count). The van der Waals surface area contributed by atoms with E-state index in [1.165, 1.54) is 20.3 Å². The molecule has 0 spiro atoms. The first kappa shape index (κ1) is 15.4. The van der Waals surface area contributed by atoms with E-state index in [4.69, 9.17) is 15.2 Å². The van der Waals surface area contributed by atoms with Crippen LogP contribution in [0, 0.1) is 16.0 Å². The number of rotatable bonds is 4. The number of nitrogens with two attached hydrogens (primary N) is 1. The summed E-state index contributed by atoms with van der Waals surface area (Å²) in [6.45, 7) is 3.43. The second-order valence-electron chi connectivity index (χ2n) is 5.46. The number of nitro groups is 1. The Kier molecular flexibility index (Phi) is 4.52. The minimum Gasteiger partial charge on any atom is -0.493 e. The molecule has 0 bridgehead atoms. The van der Waals surface area contributed by atoms with E-state index in [9.17, 15) is 10.1 Å². The van der Waals surface area contributed by atoms with Gasteiger partial charge in [-0.25, -0.2) is 0 Å². The van der Waals surface area contributed by atoms with Crippen molar-refractivity contribution >= 4 is 11.4 Å². The van der Waals surface area contributed by atoms with Crippen LogP contribution in [0.4, 0.5) is 11.4 Å². The number of nitrogens with zero attached hydrogens (tertiary/aromatic N) is 2. The van der Waals surface area contributed by atoms with E-state index in [1.807, 2.05) is 4.90 Å². The van der Waals surface area contributed by atoms with Gasteiger partial charge >= 0.3 is 0 Å². The average molecular weight is 295 g/mol. The van der Waals surface area contributed by atoms with Crippen LogP contribution >= 0.6 is 0 Å². The third kappa shape index (κ3) is 3.18. The van der Waals surface area contributed by atoms with Crippen molar-refractivity contribution in [3.63, 3.8) is 0 Å². The Balaban J connectivity index is 2.47. The van der Waals surface area contributed by atoms with Crippen LogP contribution in [0.2, 0.25) is 0 Å². The van der Waals surface area contributed by atoms with Gasteiger partial charge in [-0.3, -0.25) is 10.1 Å². The Hall–Kier alpha value is -2.02. The molecule has 1 aliphatic rings. The fourth-order valence-corrected chi connectivity index (χ4v) is 2.85. The molecule has 2 N–H and O–H groups in total.